The first kappa shape index (κ1) is 16.7. The van der Waals surface area contributed by atoms with E-state index in [0.717, 1.165) is 16.7 Å². The van der Waals surface area contributed by atoms with Gasteiger partial charge in [-0.2, -0.15) is 0 Å². The topological polar surface area (TPSA) is 55.8 Å². The van der Waals surface area contributed by atoms with Gasteiger partial charge in [-0.05, 0) is 47.9 Å². The number of rotatable bonds is 4. The normalized spacial score (nSPS) is 10.2. The highest BCUT2D eigenvalue weighted by Crippen LogP contribution is 2.16. The summed E-state index contributed by atoms with van der Waals surface area (Å²) in [6.07, 6.45) is 0. The highest BCUT2D eigenvalue weighted by Gasteiger charge is 2.21. The zero-order valence-electron chi connectivity index (χ0n) is 13.4. The number of carbonyl (C=O) groups is 2. The highest BCUT2D eigenvalue weighted by molar-refractivity contribution is 5.93. The first-order chi connectivity index (χ1) is 11.0. The lowest BCUT2D eigenvalue weighted by atomic mass is 10.0. The molecule has 0 aliphatic rings. The van der Waals surface area contributed by atoms with Crippen LogP contribution in [0.5, 0.6) is 0 Å². The molecule has 23 heavy (non-hydrogen) atoms. The standard InChI is InChI=1S/C18H19NO4/c1-13-8-7-9-14(2)17(13)12-22-19(23-15(3)20)18(21)16-10-5-4-6-11-16/h4-11H,12H2,1-3H3. The van der Waals surface area contributed by atoms with E-state index in [4.69, 9.17) is 9.68 Å². The fourth-order valence-electron chi connectivity index (χ4n) is 2.13. The second-order valence-corrected chi connectivity index (χ2v) is 5.15. The van der Waals surface area contributed by atoms with Gasteiger partial charge in [0.15, 0.2) is 0 Å². The molecule has 0 spiro atoms. The summed E-state index contributed by atoms with van der Waals surface area (Å²) in [6, 6.07) is 14.4. The molecule has 0 aromatic heterocycles. The summed E-state index contributed by atoms with van der Waals surface area (Å²) in [5.74, 6) is -1.16. The van der Waals surface area contributed by atoms with Crippen LogP contribution in [0.2, 0.25) is 0 Å². The minimum Gasteiger partial charge on any atom is -0.312 e. The van der Waals surface area contributed by atoms with Crippen LogP contribution in [0, 0.1) is 13.8 Å². The lowest BCUT2D eigenvalue weighted by molar-refractivity contribution is -0.312. The number of hydrogen-bond donors (Lipinski definition) is 0. The molecular formula is C18H19NO4. The second kappa shape index (κ2) is 7.56. The molecule has 0 unspecified atom stereocenters. The molecule has 5 nitrogen and oxygen atoms in total. The van der Waals surface area contributed by atoms with E-state index >= 15 is 0 Å². The zero-order valence-corrected chi connectivity index (χ0v) is 13.4. The van der Waals surface area contributed by atoms with Crippen LogP contribution < -0.4 is 0 Å². The Bertz CT molecular complexity index is 677. The van der Waals surface area contributed by atoms with Gasteiger partial charge < -0.3 is 4.84 Å². The van der Waals surface area contributed by atoms with Crippen molar-refractivity contribution in [3.8, 4) is 0 Å². The van der Waals surface area contributed by atoms with E-state index in [9.17, 15) is 9.59 Å². The van der Waals surface area contributed by atoms with Gasteiger partial charge in [0.1, 0.15) is 6.61 Å². The van der Waals surface area contributed by atoms with Crippen LogP contribution in [0.15, 0.2) is 48.5 Å². The molecule has 0 saturated heterocycles. The van der Waals surface area contributed by atoms with Gasteiger partial charge in [-0.1, -0.05) is 36.4 Å². The first-order valence-electron chi connectivity index (χ1n) is 7.25. The minimum absolute atomic E-state index is 0.129. The fourth-order valence-corrected chi connectivity index (χ4v) is 2.13. The predicted octanol–water partition coefficient (Wildman–Crippen LogP) is 3.36. The van der Waals surface area contributed by atoms with Crippen molar-refractivity contribution in [1.82, 2.24) is 5.23 Å². The molecule has 0 radical (unpaired) electrons. The molecule has 0 saturated carbocycles. The Balaban J connectivity index is 2.16. The maximum Gasteiger partial charge on any atom is 0.332 e. The van der Waals surface area contributed by atoms with Gasteiger partial charge >= 0.3 is 11.9 Å². The van der Waals surface area contributed by atoms with Crippen LogP contribution in [0.1, 0.15) is 34.0 Å². The Morgan fingerprint density at radius 2 is 1.57 bits per heavy atom. The van der Waals surface area contributed by atoms with Gasteiger partial charge in [-0.3, -0.25) is 4.79 Å². The maximum absolute atomic E-state index is 12.4. The van der Waals surface area contributed by atoms with Gasteiger partial charge in [0.2, 0.25) is 0 Å². The van der Waals surface area contributed by atoms with Crippen molar-refractivity contribution >= 4 is 11.9 Å². The lowest BCUT2D eigenvalue weighted by Gasteiger charge is -2.20. The molecular weight excluding hydrogens is 294 g/mol. The smallest absolute Gasteiger partial charge is 0.312 e. The fraction of sp³-hybridized carbons (Fsp3) is 0.222. The third-order valence-electron chi connectivity index (χ3n) is 3.37. The molecule has 0 atom stereocenters. The molecule has 0 aliphatic heterocycles. The van der Waals surface area contributed by atoms with E-state index in [1.54, 1.807) is 30.3 Å². The first-order valence-corrected chi connectivity index (χ1v) is 7.25. The molecule has 0 heterocycles. The summed E-state index contributed by atoms with van der Waals surface area (Å²) < 4.78 is 0. The number of hydrogen-bond acceptors (Lipinski definition) is 4. The van der Waals surface area contributed by atoms with Gasteiger partial charge in [0, 0.05) is 12.5 Å². The van der Waals surface area contributed by atoms with Crippen LogP contribution >= 0.6 is 0 Å². The Morgan fingerprint density at radius 1 is 0.957 bits per heavy atom. The summed E-state index contributed by atoms with van der Waals surface area (Å²) in [5.41, 5.74) is 3.40. The molecule has 2 aromatic rings. The monoisotopic (exact) mass is 313 g/mol. The van der Waals surface area contributed by atoms with E-state index in [1.165, 1.54) is 6.92 Å². The number of benzene rings is 2. The van der Waals surface area contributed by atoms with E-state index < -0.39 is 11.9 Å². The minimum atomic E-state index is -0.629. The third kappa shape index (κ3) is 4.40. The molecule has 1 amide bonds. The number of amides is 1. The summed E-state index contributed by atoms with van der Waals surface area (Å²) in [4.78, 5) is 34.0. The molecule has 0 aliphatic carbocycles. The van der Waals surface area contributed by atoms with Crippen LogP contribution in [0.25, 0.3) is 0 Å². The van der Waals surface area contributed by atoms with Crippen molar-refractivity contribution in [3.63, 3.8) is 0 Å². The van der Waals surface area contributed by atoms with E-state index in [-0.39, 0.29) is 6.61 Å². The van der Waals surface area contributed by atoms with Gasteiger partial charge in [-0.25, -0.2) is 9.63 Å². The number of hydroxylamine groups is 2. The van der Waals surface area contributed by atoms with Gasteiger partial charge in [0.05, 0.1) is 0 Å². The SMILES string of the molecule is CC(=O)ON(OCc1c(C)cccc1C)C(=O)c1ccccc1. The average molecular weight is 313 g/mol. The molecule has 0 fully saturated rings. The molecule has 5 heteroatoms. The van der Waals surface area contributed by atoms with Crippen LogP contribution in [0.4, 0.5) is 0 Å². The van der Waals surface area contributed by atoms with Crippen molar-refractivity contribution in [2.45, 2.75) is 27.4 Å². The number of nitrogens with zero attached hydrogens (tertiary/aromatic N) is 1. The Kier molecular flexibility index (Phi) is 5.49. The molecule has 0 N–H and O–H groups in total. The Hall–Kier alpha value is -2.66. The van der Waals surface area contributed by atoms with E-state index in [2.05, 4.69) is 0 Å². The second-order valence-electron chi connectivity index (χ2n) is 5.15. The lowest BCUT2D eigenvalue weighted by Crippen LogP contribution is -2.33. The van der Waals surface area contributed by atoms with Crippen LogP contribution in [-0.2, 0) is 21.1 Å². The van der Waals surface area contributed by atoms with Crippen molar-refractivity contribution < 1.29 is 19.3 Å². The van der Waals surface area contributed by atoms with Crippen molar-refractivity contribution in [2.75, 3.05) is 0 Å². The number of aryl methyl sites for hydroxylation is 2. The third-order valence-corrected chi connectivity index (χ3v) is 3.37. The Morgan fingerprint density at radius 3 is 2.13 bits per heavy atom. The molecule has 120 valence electrons. The zero-order chi connectivity index (χ0) is 16.8. The molecule has 0 bridgehead atoms. The summed E-state index contributed by atoms with van der Waals surface area (Å²) >= 11 is 0. The van der Waals surface area contributed by atoms with Crippen LogP contribution in [0.3, 0.4) is 0 Å². The van der Waals surface area contributed by atoms with Crippen LogP contribution in [-0.4, -0.2) is 17.1 Å². The Labute approximate surface area is 135 Å². The highest BCUT2D eigenvalue weighted by atomic mass is 17.0. The van der Waals surface area contributed by atoms with Crippen molar-refractivity contribution in [1.29, 1.82) is 0 Å². The van der Waals surface area contributed by atoms with Gasteiger partial charge in [-0.15, -0.1) is 0 Å². The van der Waals surface area contributed by atoms with E-state index in [1.807, 2.05) is 32.0 Å². The average Bonchev–Trinajstić information content (AvgIpc) is 2.53. The van der Waals surface area contributed by atoms with E-state index in [0.29, 0.717) is 10.8 Å². The predicted molar refractivity (Wildman–Crippen MR) is 85.1 cm³/mol. The summed E-state index contributed by atoms with van der Waals surface area (Å²) in [5, 5.41) is 0.642. The molecule has 2 rings (SSSR count). The molecule has 2 aromatic carbocycles. The van der Waals surface area contributed by atoms with Crippen molar-refractivity contribution in [2.24, 2.45) is 0 Å². The summed E-state index contributed by atoms with van der Waals surface area (Å²) in [6.45, 7) is 5.26. The van der Waals surface area contributed by atoms with Crippen molar-refractivity contribution in [3.05, 3.63) is 70.8 Å². The largest absolute Gasteiger partial charge is 0.332 e. The summed E-state index contributed by atoms with van der Waals surface area (Å²) in [7, 11) is 0. The quantitative estimate of drug-likeness (QED) is 0.812. The van der Waals surface area contributed by atoms with Gasteiger partial charge in [0.25, 0.3) is 0 Å². The number of carbonyl (C=O) groups excluding carboxylic acids is 2. The maximum atomic E-state index is 12.4.